The standard InChI is InChI=1S/C17H16O5/c1-8(2)15-17(21-4)12-13(18)11-7-9(20-3)5-6-10(11)14(19)16(12)22-15/h5-7,15,17H,1H2,2-4H3/t15-,17-/m0/s1. The second kappa shape index (κ2) is 5.10. The second-order valence-electron chi connectivity index (χ2n) is 5.35. The normalized spacial score (nSPS) is 23.0. The van der Waals surface area contributed by atoms with Crippen molar-refractivity contribution in [2.24, 2.45) is 0 Å². The van der Waals surface area contributed by atoms with E-state index in [-0.39, 0.29) is 22.9 Å². The lowest BCUT2D eigenvalue weighted by molar-refractivity contribution is 0.0388. The van der Waals surface area contributed by atoms with Gasteiger partial charge in [-0.25, -0.2) is 0 Å². The summed E-state index contributed by atoms with van der Waals surface area (Å²) in [4.78, 5) is 25.4. The molecule has 0 unspecified atom stereocenters. The van der Waals surface area contributed by atoms with E-state index < -0.39 is 12.2 Å². The van der Waals surface area contributed by atoms with Crippen LogP contribution < -0.4 is 4.74 Å². The third-order valence-corrected chi connectivity index (χ3v) is 3.96. The molecule has 114 valence electrons. The van der Waals surface area contributed by atoms with Crippen LogP contribution in [0.3, 0.4) is 0 Å². The molecule has 0 radical (unpaired) electrons. The minimum absolute atomic E-state index is 0.0718. The number of rotatable bonds is 3. The Hall–Kier alpha value is -2.40. The van der Waals surface area contributed by atoms with Crippen molar-refractivity contribution in [3.05, 3.63) is 52.8 Å². The molecule has 1 aromatic carbocycles. The number of carbonyl (C=O) groups excluding carboxylic acids is 2. The molecule has 0 fully saturated rings. The molecule has 2 atom stereocenters. The lowest BCUT2D eigenvalue weighted by Gasteiger charge is -2.19. The first-order chi connectivity index (χ1) is 10.5. The van der Waals surface area contributed by atoms with Crippen LogP contribution in [0, 0.1) is 0 Å². The predicted octanol–water partition coefficient (Wildman–Crippen LogP) is 2.32. The van der Waals surface area contributed by atoms with Crippen LogP contribution in [0.1, 0.15) is 27.6 Å². The number of ether oxygens (including phenoxy) is 3. The van der Waals surface area contributed by atoms with Gasteiger partial charge < -0.3 is 14.2 Å². The Labute approximate surface area is 128 Å². The summed E-state index contributed by atoms with van der Waals surface area (Å²) in [7, 11) is 2.99. The van der Waals surface area contributed by atoms with Gasteiger partial charge in [-0.1, -0.05) is 6.58 Å². The topological polar surface area (TPSA) is 61.8 Å². The van der Waals surface area contributed by atoms with Gasteiger partial charge >= 0.3 is 0 Å². The van der Waals surface area contributed by atoms with Crippen molar-refractivity contribution in [3.8, 4) is 5.75 Å². The van der Waals surface area contributed by atoms with E-state index in [1.54, 1.807) is 25.1 Å². The van der Waals surface area contributed by atoms with E-state index in [0.717, 1.165) is 0 Å². The molecule has 0 amide bonds. The molecule has 22 heavy (non-hydrogen) atoms. The Morgan fingerprint density at radius 2 is 1.91 bits per heavy atom. The Morgan fingerprint density at radius 3 is 2.50 bits per heavy atom. The lowest BCUT2D eigenvalue weighted by Crippen LogP contribution is -2.30. The Morgan fingerprint density at radius 1 is 1.18 bits per heavy atom. The van der Waals surface area contributed by atoms with E-state index in [1.165, 1.54) is 14.2 Å². The van der Waals surface area contributed by atoms with Crippen molar-refractivity contribution < 1.29 is 23.8 Å². The molecule has 5 heteroatoms. The third kappa shape index (κ3) is 1.89. The van der Waals surface area contributed by atoms with Crippen LogP contribution in [0.2, 0.25) is 0 Å². The van der Waals surface area contributed by atoms with Crippen LogP contribution in [0.5, 0.6) is 5.75 Å². The van der Waals surface area contributed by atoms with E-state index in [0.29, 0.717) is 22.4 Å². The zero-order chi connectivity index (χ0) is 16.0. The fraction of sp³-hybridized carbons (Fsp3) is 0.294. The molecule has 2 aliphatic rings. The molecule has 0 saturated carbocycles. The number of Topliss-reactive ketones (excluding diaryl/α,β-unsaturated/α-hetero) is 2. The Kier molecular flexibility index (Phi) is 3.37. The number of hydrogen-bond acceptors (Lipinski definition) is 5. The molecule has 1 heterocycles. The van der Waals surface area contributed by atoms with Crippen LogP contribution >= 0.6 is 0 Å². The highest BCUT2D eigenvalue weighted by molar-refractivity contribution is 6.27. The fourth-order valence-electron chi connectivity index (χ4n) is 2.85. The van der Waals surface area contributed by atoms with Crippen LogP contribution in [0.4, 0.5) is 0 Å². The molecular weight excluding hydrogens is 284 g/mol. The number of allylic oxidation sites excluding steroid dienone is 1. The van der Waals surface area contributed by atoms with E-state index in [9.17, 15) is 9.59 Å². The number of benzene rings is 1. The first-order valence-corrected chi connectivity index (χ1v) is 6.86. The summed E-state index contributed by atoms with van der Waals surface area (Å²) in [6.45, 7) is 5.62. The molecular formula is C17H16O5. The number of carbonyl (C=O) groups is 2. The molecule has 1 aromatic rings. The number of hydrogen-bond donors (Lipinski definition) is 0. The zero-order valence-electron chi connectivity index (χ0n) is 12.6. The van der Waals surface area contributed by atoms with Crippen LogP contribution in [0.25, 0.3) is 0 Å². The summed E-state index contributed by atoms with van der Waals surface area (Å²) in [5, 5.41) is 0. The first-order valence-electron chi connectivity index (χ1n) is 6.86. The zero-order valence-corrected chi connectivity index (χ0v) is 12.6. The van der Waals surface area contributed by atoms with Crippen molar-refractivity contribution in [2.45, 2.75) is 19.1 Å². The average molecular weight is 300 g/mol. The summed E-state index contributed by atoms with van der Waals surface area (Å²) >= 11 is 0. The van der Waals surface area contributed by atoms with Crippen LogP contribution in [-0.4, -0.2) is 38.0 Å². The maximum Gasteiger partial charge on any atom is 0.228 e. The maximum atomic E-state index is 12.8. The molecule has 0 saturated heterocycles. The van der Waals surface area contributed by atoms with Crippen LogP contribution in [-0.2, 0) is 9.47 Å². The summed E-state index contributed by atoms with van der Waals surface area (Å²) in [5.41, 5.74) is 1.60. The predicted molar refractivity (Wildman–Crippen MR) is 79.2 cm³/mol. The number of methoxy groups -OCH3 is 2. The smallest absolute Gasteiger partial charge is 0.228 e. The van der Waals surface area contributed by atoms with Crippen molar-refractivity contribution in [1.82, 2.24) is 0 Å². The molecule has 5 nitrogen and oxygen atoms in total. The van der Waals surface area contributed by atoms with E-state index in [1.807, 2.05) is 0 Å². The van der Waals surface area contributed by atoms with Gasteiger partial charge in [0, 0.05) is 18.2 Å². The van der Waals surface area contributed by atoms with Gasteiger partial charge in [-0.3, -0.25) is 9.59 Å². The maximum absolute atomic E-state index is 12.8. The minimum atomic E-state index is -0.622. The van der Waals surface area contributed by atoms with Gasteiger partial charge in [0.05, 0.1) is 12.7 Å². The molecule has 0 aromatic heterocycles. The van der Waals surface area contributed by atoms with Gasteiger partial charge in [0.25, 0.3) is 0 Å². The molecule has 3 rings (SSSR count). The molecule has 0 N–H and O–H groups in total. The van der Waals surface area contributed by atoms with Gasteiger partial charge in [-0.15, -0.1) is 0 Å². The monoisotopic (exact) mass is 300 g/mol. The van der Waals surface area contributed by atoms with Crippen molar-refractivity contribution >= 4 is 11.6 Å². The van der Waals surface area contributed by atoms with E-state index in [4.69, 9.17) is 14.2 Å². The molecule has 1 aliphatic heterocycles. The highest BCUT2D eigenvalue weighted by atomic mass is 16.6. The Balaban J connectivity index is 2.13. The highest BCUT2D eigenvalue weighted by Crippen LogP contribution is 2.39. The summed E-state index contributed by atoms with van der Waals surface area (Å²) in [6, 6.07) is 4.80. The Bertz CT molecular complexity index is 729. The highest BCUT2D eigenvalue weighted by Gasteiger charge is 2.47. The van der Waals surface area contributed by atoms with Crippen LogP contribution in [0.15, 0.2) is 41.7 Å². The second-order valence-corrected chi connectivity index (χ2v) is 5.35. The quantitative estimate of drug-likeness (QED) is 0.802. The van der Waals surface area contributed by atoms with Gasteiger partial charge in [0.1, 0.15) is 18.0 Å². The largest absolute Gasteiger partial charge is 0.497 e. The summed E-state index contributed by atoms with van der Waals surface area (Å²) in [5.74, 6) is 0.0213. The van der Waals surface area contributed by atoms with E-state index >= 15 is 0 Å². The lowest BCUT2D eigenvalue weighted by atomic mass is 9.85. The minimum Gasteiger partial charge on any atom is -0.497 e. The molecule has 0 spiro atoms. The van der Waals surface area contributed by atoms with Gasteiger partial charge in [-0.05, 0) is 30.7 Å². The molecule has 0 bridgehead atoms. The fourth-order valence-corrected chi connectivity index (χ4v) is 2.85. The molecule has 1 aliphatic carbocycles. The summed E-state index contributed by atoms with van der Waals surface area (Å²) in [6.07, 6.45) is -1.15. The first kappa shape index (κ1) is 14.5. The van der Waals surface area contributed by atoms with Crippen molar-refractivity contribution in [1.29, 1.82) is 0 Å². The average Bonchev–Trinajstić information content (AvgIpc) is 2.92. The van der Waals surface area contributed by atoms with E-state index in [2.05, 4.69) is 6.58 Å². The number of fused-ring (bicyclic) bond motifs is 1. The van der Waals surface area contributed by atoms with Crippen molar-refractivity contribution in [2.75, 3.05) is 14.2 Å². The summed E-state index contributed by atoms with van der Waals surface area (Å²) < 4.78 is 16.2. The van der Waals surface area contributed by atoms with Gasteiger partial charge in [0.2, 0.25) is 5.78 Å². The van der Waals surface area contributed by atoms with Gasteiger partial charge in [0.15, 0.2) is 11.5 Å². The number of ketones is 2. The van der Waals surface area contributed by atoms with Gasteiger partial charge in [-0.2, -0.15) is 0 Å². The SMILES string of the molecule is C=C(C)[C@@H]1OC2=C(C(=O)c3cc(OC)ccc3C2=O)[C@@H]1OC. The van der Waals surface area contributed by atoms with Crippen molar-refractivity contribution in [3.63, 3.8) is 0 Å². The third-order valence-electron chi connectivity index (χ3n) is 3.96.